The second kappa shape index (κ2) is 8.76. The minimum atomic E-state index is -2.19. The van der Waals surface area contributed by atoms with Crippen molar-refractivity contribution < 1.29 is 13.0 Å². The number of thioether (sulfide) groups is 1. The summed E-state index contributed by atoms with van der Waals surface area (Å²) in [5.41, 5.74) is 0.704. The number of nitrogens with one attached hydrogen (secondary N) is 2. The largest absolute Gasteiger partial charge is 0.349 e. The van der Waals surface area contributed by atoms with Crippen LogP contribution in [0.25, 0.3) is 5.65 Å². The van der Waals surface area contributed by atoms with Gasteiger partial charge in [0.15, 0.2) is 10.8 Å². The van der Waals surface area contributed by atoms with Crippen molar-refractivity contribution in [1.82, 2.24) is 19.5 Å². The first-order valence-corrected chi connectivity index (χ1v) is 14.7. The Morgan fingerprint density at radius 2 is 2.00 bits per heavy atom. The molecule has 2 saturated heterocycles. The van der Waals surface area contributed by atoms with Crippen LogP contribution in [-0.4, -0.2) is 72.1 Å². The van der Waals surface area contributed by atoms with E-state index in [2.05, 4.69) is 14.4 Å². The lowest BCUT2D eigenvalue weighted by Gasteiger charge is -2.30. The number of rotatable bonds is 3. The van der Waals surface area contributed by atoms with Gasteiger partial charge in [-0.2, -0.15) is 5.10 Å². The highest BCUT2D eigenvalue weighted by molar-refractivity contribution is 8.26. The van der Waals surface area contributed by atoms with E-state index in [1.807, 2.05) is 11.0 Å². The van der Waals surface area contributed by atoms with Gasteiger partial charge in [-0.25, -0.2) is 26.9 Å². The van der Waals surface area contributed by atoms with Gasteiger partial charge in [0.1, 0.15) is 22.5 Å². The van der Waals surface area contributed by atoms with E-state index < -0.39 is 26.9 Å². The Morgan fingerprint density at radius 3 is 2.73 bits per heavy atom. The highest BCUT2D eigenvalue weighted by atomic mass is 32.2. The van der Waals surface area contributed by atoms with Crippen LogP contribution in [0.3, 0.4) is 0 Å². The number of aromatic nitrogens is 3. The fourth-order valence-corrected chi connectivity index (χ4v) is 7.93. The van der Waals surface area contributed by atoms with E-state index in [4.69, 9.17) is 15.8 Å². The predicted octanol–water partition coefficient (Wildman–Crippen LogP) is 3.54. The van der Waals surface area contributed by atoms with Crippen molar-refractivity contribution in [3.63, 3.8) is 0 Å². The maximum absolute atomic E-state index is 14.8. The number of amidine groups is 1. The second-order valence-corrected chi connectivity index (χ2v) is 13.3. The molecule has 2 N–H and O–H groups in total. The SMILES string of the molecule is CN=S1(=O)CCN(C(=N)SC(=N)c2cnn3ccc(N4CC[C@H]5C[C@]54c4cc(F)ccc4F)nc23)CC1. The molecule has 37 heavy (non-hydrogen) atoms. The van der Waals surface area contributed by atoms with E-state index in [1.165, 1.54) is 12.1 Å². The van der Waals surface area contributed by atoms with Crippen LogP contribution in [0.5, 0.6) is 0 Å². The monoisotopic (exact) mass is 544 g/mol. The second-order valence-electron chi connectivity index (χ2n) is 9.59. The quantitative estimate of drug-likeness (QED) is 0.385. The maximum Gasteiger partial charge on any atom is 0.167 e. The minimum Gasteiger partial charge on any atom is -0.349 e. The standard InChI is InChI=1S/C24H26F2N8OS2/c1-29-37(35)10-8-32(9-11-37)23(28)36-21(27)17-14-30-34-7-5-20(31-22(17)34)33-6-4-15-13-24(15,33)18-12-16(25)2-3-19(18)26/h2-3,5,7,12,14-15,27-28H,4,6,8-11,13H2,1H3/t15-,24+/m0/s1. The lowest BCUT2D eigenvalue weighted by atomic mass is 10.0. The number of benzene rings is 1. The summed E-state index contributed by atoms with van der Waals surface area (Å²) >= 11 is 1.00. The summed E-state index contributed by atoms with van der Waals surface area (Å²) in [5, 5.41) is 21.8. The zero-order chi connectivity index (χ0) is 25.9. The molecule has 3 aromatic rings. The summed E-state index contributed by atoms with van der Waals surface area (Å²) in [6.45, 7) is 1.59. The highest BCUT2D eigenvalue weighted by Crippen LogP contribution is 2.63. The molecule has 13 heteroatoms. The Balaban J connectivity index is 1.26. The van der Waals surface area contributed by atoms with Crippen LogP contribution < -0.4 is 4.90 Å². The van der Waals surface area contributed by atoms with Gasteiger partial charge in [0.2, 0.25) is 0 Å². The maximum atomic E-state index is 14.8. The van der Waals surface area contributed by atoms with E-state index >= 15 is 0 Å². The van der Waals surface area contributed by atoms with Crippen molar-refractivity contribution in [3.8, 4) is 0 Å². The number of piperidine rings is 1. The lowest BCUT2D eigenvalue weighted by molar-refractivity contribution is 0.459. The molecule has 3 aliphatic rings. The minimum absolute atomic E-state index is 0.132. The highest BCUT2D eigenvalue weighted by Gasteiger charge is 2.64. The zero-order valence-electron chi connectivity index (χ0n) is 20.2. The summed E-state index contributed by atoms with van der Waals surface area (Å²) in [5.74, 6) is 0.801. The lowest BCUT2D eigenvalue weighted by Crippen LogP contribution is -2.42. The molecule has 2 atom stereocenters. The molecule has 0 bridgehead atoms. The molecule has 0 amide bonds. The number of halogens is 2. The van der Waals surface area contributed by atoms with Crippen LogP contribution in [0, 0.1) is 28.4 Å². The topological polar surface area (TPSA) is 114 Å². The summed E-state index contributed by atoms with van der Waals surface area (Å²) in [7, 11) is -0.616. The molecular formula is C24H26F2N8OS2. The summed E-state index contributed by atoms with van der Waals surface area (Å²) in [6, 6.07) is 5.42. The van der Waals surface area contributed by atoms with Gasteiger partial charge in [-0.3, -0.25) is 10.8 Å². The average molecular weight is 545 g/mol. The fourth-order valence-electron chi connectivity index (χ4n) is 5.59. The Hall–Kier alpha value is -3.06. The predicted molar refractivity (Wildman–Crippen MR) is 141 cm³/mol. The average Bonchev–Trinajstić information content (AvgIpc) is 3.27. The summed E-state index contributed by atoms with van der Waals surface area (Å²) in [4.78, 5) is 8.67. The van der Waals surface area contributed by atoms with Crippen LogP contribution in [0.15, 0.2) is 41.0 Å². The van der Waals surface area contributed by atoms with Crippen LogP contribution in [0.4, 0.5) is 14.6 Å². The molecule has 0 unspecified atom stereocenters. The first-order chi connectivity index (χ1) is 17.7. The van der Waals surface area contributed by atoms with Gasteiger partial charge in [0, 0.05) is 59.7 Å². The van der Waals surface area contributed by atoms with Crippen molar-refractivity contribution >= 4 is 43.2 Å². The van der Waals surface area contributed by atoms with E-state index in [9.17, 15) is 13.0 Å². The molecule has 9 nitrogen and oxygen atoms in total. The Labute approximate surface area is 217 Å². The first-order valence-electron chi connectivity index (χ1n) is 12.0. The van der Waals surface area contributed by atoms with E-state index in [1.54, 1.807) is 24.0 Å². The third-order valence-electron chi connectivity index (χ3n) is 7.71. The van der Waals surface area contributed by atoms with Crippen LogP contribution in [0.2, 0.25) is 0 Å². The third kappa shape index (κ3) is 3.99. The van der Waals surface area contributed by atoms with Crippen molar-refractivity contribution in [2.24, 2.45) is 10.3 Å². The van der Waals surface area contributed by atoms with Crippen LogP contribution in [-0.2, 0) is 15.3 Å². The van der Waals surface area contributed by atoms with Crippen molar-refractivity contribution in [3.05, 3.63) is 59.4 Å². The van der Waals surface area contributed by atoms with Crippen molar-refractivity contribution in [1.29, 1.82) is 10.8 Å². The van der Waals surface area contributed by atoms with Gasteiger partial charge in [0.05, 0.1) is 17.3 Å². The number of nitrogens with zero attached hydrogens (tertiary/aromatic N) is 6. The molecule has 0 radical (unpaired) electrons. The van der Waals surface area contributed by atoms with Gasteiger partial charge in [-0.05, 0) is 54.8 Å². The molecule has 194 valence electrons. The molecule has 2 aromatic heterocycles. The smallest absolute Gasteiger partial charge is 0.167 e. The molecule has 0 spiro atoms. The summed E-state index contributed by atoms with van der Waals surface area (Å²) in [6.07, 6.45) is 4.92. The molecule has 4 heterocycles. The molecule has 3 fully saturated rings. The molecule has 2 aliphatic heterocycles. The normalized spacial score (nSPS) is 24.2. The van der Waals surface area contributed by atoms with Gasteiger partial charge >= 0.3 is 0 Å². The van der Waals surface area contributed by atoms with Crippen molar-refractivity contribution in [2.45, 2.75) is 18.4 Å². The molecule has 6 rings (SSSR count). The fraction of sp³-hybridized carbons (Fsp3) is 0.417. The summed E-state index contributed by atoms with van der Waals surface area (Å²) < 4.78 is 46.9. The number of fused-ring (bicyclic) bond motifs is 2. The van der Waals surface area contributed by atoms with Crippen LogP contribution >= 0.6 is 11.8 Å². The van der Waals surface area contributed by atoms with Gasteiger partial charge < -0.3 is 9.80 Å². The van der Waals surface area contributed by atoms with Gasteiger partial charge in [-0.1, -0.05) is 0 Å². The van der Waals surface area contributed by atoms with E-state index in [-0.39, 0.29) is 16.1 Å². The molecule has 1 saturated carbocycles. The van der Waals surface area contributed by atoms with Gasteiger partial charge in [0.25, 0.3) is 0 Å². The Kier molecular flexibility index (Phi) is 5.75. The van der Waals surface area contributed by atoms with E-state index in [0.717, 1.165) is 30.7 Å². The van der Waals surface area contributed by atoms with Gasteiger partial charge in [-0.15, -0.1) is 0 Å². The van der Waals surface area contributed by atoms with Crippen LogP contribution in [0.1, 0.15) is 24.0 Å². The first kappa shape index (κ1) is 24.3. The van der Waals surface area contributed by atoms with Crippen molar-refractivity contribution in [2.75, 3.05) is 43.1 Å². The zero-order valence-corrected chi connectivity index (χ0v) is 21.8. The van der Waals surface area contributed by atoms with E-state index in [0.29, 0.717) is 53.7 Å². The molecule has 1 aliphatic carbocycles. The molecular weight excluding hydrogens is 518 g/mol. The molecule has 1 aromatic carbocycles. The Bertz CT molecular complexity index is 1550. The number of hydrogen-bond donors (Lipinski definition) is 2. The Morgan fingerprint density at radius 1 is 1.22 bits per heavy atom. The number of hydrogen-bond acceptors (Lipinski definition) is 8. The number of anilines is 1. The third-order valence-corrected chi connectivity index (χ3v) is 10.9.